The van der Waals surface area contributed by atoms with Gasteiger partial charge < -0.3 is 14.8 Å². The lowest BCUT2D eigenvalue weighted by atomic mass is 9.99. The molecule has 3 aromatic carbocycles. The standard InChI is InChI=1S/C27H25ClF2N2O4S/c28-19-6-8-21(9-7-19)37(33,34)27-24(17-36-26-23(30)11-10-22(29)25(26)27)32-20(12-14-31)13-15-35-16-18-4-2-1-3-5-18/h1-11,20,24,27,32H,12-13,15-17H2/t20-,24?,27?/m1/s1. The average molecular weight is 547 g/mol. The normalized spacial score (nSPS) is 17.9. The van der Waals surface area contributed by atoms with E-state index in [1.165, 1.54) is 24.3 Å². The Morgan fingerprint density at radius 1 is 1.08 bits per heavy atom. The van der Waals surface area contributed by atoms with Gasteiger partial charge in [-0.25, -0.2) is 17.2 Å². The highest BCUT2D eigenvalue weighted by Crippen LogP contribution is 2.43. The molecule has 2 unspecified atom stereocenters. The molecule has 194 valence electrons. The van der Waals surface area contributed by atoms with Crippen LogP contribution in [0.3, 0.4) is 0 Å². The van der Waals surface area contributed by atoms with E-state index < -0.39 is 44.6 Å². The Labute approximate surface area is 219 Å². The molecule has 3 atom stereocenters. The van der Waals surface area contributed by atoms with Gasteiger partial charge >= 0.3 is 0 Å². The number of halogens is 3. The molecule has 0 saturated heterocycles. The largest absolute Gasteiger partial charge is 0.488 e. The first kappa shape index (κ1) is 27.0. The molecule has 0 saturated carbocycles. The molecule has 0 aromatic heterocycles. The Morgan fingerprint density at radius 2 is 1.78 bits per heavy atom. The maximum absolute atomic E-state index is 15.0. The van der Waals surface area contributed by atoms with Gasteiger partial charge in [0.25, 0.3) is 0 Å². The number of nitriles is 1. The lowest BCUT2D eigenvalue weighted by Crippen LogP contribution is -2.50. The van der Waals surface area contributed by atoms with Crippen molar-refractivity contribution in [3.05, 3.63) is 94.5 Å². The molecule has 1 aliphatic heterocycles. The summed E-state index contributed by atoms with van der Waals surface area (Å²) in [6, 6.07) is 17.5. The number of sulfone groups is 1. The van der Waals surface area contributed by atoms with Gasteiger partial charge in [-0.05, 0) is 48.4 Å². The number of fused-ring (bicyclic) bond motifs is 1. The van der Waals surface area contributed by atoms with Gasteiger partial charge in [0.1, 0.15) is 17.7 Å². The highest BCUT2D eigenvalue weighted by molar-refractivity contribution is 7.91. The molecule has 0 bridgehead atoms. The van der Waals surface area contributed by atoms with Crippen molar-refractivity contribution in [1.82, 2.24) is 5.32 Å². The van der Waals surface area contributed by atoms with Crippen LogP contribution in [0.25, 0.3) is 0 Å². The summed E-state index contributed by atoms with van der Waals surface area (Å²) < 4.78 is 68.4. The number of hydrogen-bond donors (Lipinski definition) is 1. The summed E-state index contributed by atoms with van der Waals surface area (Å²) in [6.07, 6.45) is 0.445. The van der Waals surface area contributed by atoms with E-state index in [-0.39, 0.29) is 23.5 Å². The molecule has 0 spiro atoms. The van der Waals surface area contributed by atoms with Crippen molar-refractivity contribution in [1.29, 1.82) is 5.26 Å². The Balaban J connectivity index is 1.59. The van der Waals surface area contributed by atoms with Crippen LogP contribution in [0.15, 0.2) is 71.6 Å². The summed E-state index contributed by atoms with van der Waals surface area (Å²) in [5.41, 5.74) is 0.617. The molecule has 0 radical (unpaired) electrons. The molecular formula is C27H25ClF2N2O4S. The molecule has 0 fully saturated rings. The van der Waals surface area contributed by atoms with Crippen LogP contribution in [0.1, 0.15) is 29.2 Å². The summed E-state index contributed by atoms with van der Waals surface area (Å²) in [7, 11) is -4.22. The second kappa shape index (κ2) is 12.0. The molecule has 3 aromatic rings. The Bertz CT molecular complexity index is 1370. The first-order valence-electron chi connectivity index (χ1n) is 11.7. The second-order valence-electron chi connectivity index (χ2n) is 8.66. The first-order chi connectivity index (χ1) is 17.8. The monoisotopic (exact) mass is 546 g/mol. The molecule has 1 aliphatic rings. The van der Waals surface area contributed by atoms with E-state index >= 15 is 4.39 Å². The molecular weight excluding hydrogens is 522 g/mol. The fourth-order valence-corrected chi connectivity index (χ4v) is 6.40. The van der Waals surface area contributed by atoms with Crippen LogP contribution >= 0.6 is 11.6 Å². The topological polar surface area (TPSA) is 88.4 Å². The van der Waals surface area contributed by atoms with Gasteiger partial charge in [0, 0.05) is 17.7 Å². The van der Waals surface area contributed by atoms with Gasteiger partial charge in [-0.3, -0.25) is 0 Å². The van der Waals surface area contributed by atoms with Gasteiger partial charge in [0.15, 0.2) is 21.4 Å². The highest BCUT2D eigenvalue weighted by atomic mass is 35.5. The lowest BCUT2D eigenvalue weighted by Gasteiger charge is -2.36. The molecule has 4 rings (SSSR count). The van der Waals surface area contributed by atoms with Crippen LogP contribution in [0.2, 0.25) is 5.02 Å². The van der Waals surface area contributed by atoms with Crippen LogP contribution in [-0.4, -0.2) is 33.7 Å². The predicted molar refractivity (Wildman–Crippen MR) is 135 cm³/mol. The lowest BCUT2D eigenvalue weighted by molar-refractivity contribution is 0.107. The van der Waals surface area contributed by atoms with Crippen LogP contribution in [0.5, 0.6) is 5.75 Å². The van der Waals surface area contributed by atoms with Crippen molar-refractivity contribution in [3.8, 4) is 11.8 Å². The predicted octanol–water partition coefficient (Wildman–Crippen LogP) is 5.37. The van der Waals surface area contributed by atoms with Gasteiger partial charge in [0.2, 0.25) is 0 Å². The van der Waals surface area contributed by atoms with Crippen LogP contribution in [0.4, 0.5) is 8.78 Å². The van der Waals surface area contributed by atoms with E-state index in [9.17, 15) is 18.1 Å². The van der Waals surface area contributed by atoms with Crippen LogP contribution in [-0.2, 0) is 21.2 Å². The zero-order valence-electron chi connectivity index (χ0n) is 19.7. The number of nitrogens with one attached hydrogen (secondary N) is 1. The minimum absolute atomic E-state index is 0.0530. The zero-order valence-corrected chi connectivity index (χ0v) is 21.3. The van der Waals surface area contributed by atoms with E-state index in [1.807, 2.05) is 30.3 Å². The van der Waals surface area contributed by atoms with Crippen molar-refractivity contribution in [2.24, 2.45) is 0 Å². The van der Waals surface area contributed by atoms with Gasteiger partial charge in [-0.15, -0.1) is 0 Å². The number of nitrogens with zero attached hydrogens (tertiary/aromatic N) is 1. The van der Waals surface area contributed by atoms with Gasteiger partial charge in [-0.1, -0.05) is 41.9 Å². The minimum atomic E-state index is -4.22. The molecule has 10 heteroatoms. The van der Waals surface area contributed by atoms with Crippen molar-refractivity contribution < 1.29 is 26.7 Å². The second-order valence-corrected chi connectivity index (χ2v) is 11.2. The maximum atomic E-state index is 15.0. The summed E-state index contributed by atoms with van der Waals surface area (Å²) in [5, 5.41) is 11.4. The average Bonchev–Trinajstić information content (AvgIpc) is 2.89. The van der Waals surface area contributed by atoms with Crippen LogP contribution < -0.4 is 10.1 Å². The van der Waals surface area contributed by atoms with E-state index in [1.54, 1.807) is 0 Å². The number of benzene rings is 3. The van der Waals surface area contributed by atoms with E-state index in [0.717, 1.165) is 17.7 Å². The van der Waals surface area contributed by atoms with Gasteiger partial charge in [-0.2, -0.15) is 5.26 Å². The first-order valence-corrected chi connectivity index (χ1v) is 13.6. The van der Waals surface area contributed by atoms with Crippen molar-refractivity contribution in [3.63, 3.8) is 0 Å². The molecule has 0 aliphatic carbocycles. The van der Waals surface area contributed by atoms with Gasteiger partial charge in [0.05, 0.1) is 35.6 Å². The third-order valence-corrected chi connectivity index (χ3v) is 8.55. The Kier molecular flexibility index (Phi) is 8.77. The number of rotatable bonds is 10. The Morgan fingerprint density at radius 3 is 2.49 bits per heavy atom. The van der Waals surface area contributed by atoms with Crippen molar-refractivity contribution in [2.75, 3.05) is 13.2 Å². The Hall–Kier alpha value is -3.03. The molecule has 0 amide bonds. The van der Waals surface area contributed by atoms with Crippen LogP contribution in [0, 0.1) is 23.0 Å². The third kappa shape index (κ3) is 6.28. The smallest absolute Gasteiger partial charge is 0.187 e. The number of hydrogen-bond acceptors (Lipinski definition) is 6. The fraction of sp³-hybridized carbons (Fsp3) is 0.296. The zero-order chi connectivity index (χ0) is 26.4. The third-order valence-electron chi connectivity index (χ3n) is 6.14. The van der Waals surface area contributed by atoms with E-state index in [4.69, 9.17) is 21.1 Å². The maximum Gasteiger partial charge on any atom is 0.187 e. The van der Waals surface area contributed by atoms with Crippen molar-refractivity contribution >= 4 is 21.4 Å². The quantitative estimate of drug-likeness (QED) is 0.344. The molecule has 6 nitrogen and oxygen atoms in total. The summed E-state index contributed by atoms with van der Waals surface area (Å²) in [6.45, 7) is 0.450. The molecule has 1 heterocycles. The molecule has 37 heavy (non-hydrogen) atoms. The summed E-state index contributed by atoms with van der Waals surface area (Å²) in [4.78, 5) is -0.0896. The number of ether oxygens (including phenoxy) is 2. The minimum Gasteiger partial charge on any atom is -0.488 e. The fourth-order valence-electron chi connectivity index (χ4n) is 4.35. The SMILES string of the molecule is N#CC[C@H](CCOCc1ccccc1)NC1COc2c(F)ccc(F)c2C1S(=O)(=O)c1ccc(Cl)cc1. The highest BCUT2D eigenvalue weighted by Gasteiger charge is 2.44. The molecule has 1 N–H and O–H groups in total. The van der Waals surface area contributed by atoms with Crippen molar-refractivity contribution in [2.45, 2.75) is 41.7 Å². The summed E-state index contributed by atoms with van der Waals surface area (Å²) >= 11 is 5.93. The van der Waals surface area contributed by atoms with E-state index in [2.05, 4.69) is 11.4 Å². The van der Waals surface area contributed by atoms with E-state index in [0.29, 0.717) is 24.7 Å². The summed E-state index contributed by atoms with van der Waals surface area (Å²) in [5.74, 6) is -2.17.